The Morgan fingerprint density at radius 3 is 2.67 bits per heavy atom. The Balaban J connectivity index is 1.69. The topological polar surface area (TPSA) is 60.0 Å². The normalized spacial score (nSPS) is 11.4. The van der Waals surface area contributed by atoms with E-state index < -0.39 is 5.97 Å². The summed E-state index contributed by atoms with van der Waals surface area (Å²) in [5.41, 5.74) is 4.54. The molecule has 0 amide bonds. The van der Waals surface area contributed by atoms with Crippen LogP contribution in [0.3, 0.4) is 0 Å². The zero-order valence-corrected chi connectivity index (χ0v) is 15.9. The predicted octanol–water partition coefficient (Wildman–Crippen LogP) is 4.53. The third-order valence-corrected chi connectivity index (χ3v) is 5.76. The Bertz CT molecular complexity index is 1110. The van der Waals surface area contributed by atoms with E-state index in [0.717, 1.165) is 28.5 Å². The highest BCUT2D eigenvalue weighted by molar-refractivity contribution is 7.99. The molecule has 1 N–H and O–H groups in total. The van der Waals surface area contributed by atoms with Gasteiger partial charge in [-0.05, 0) is 30.2 Å². The predicted molar refractivity (Wildman–Crippen MR) is 109 cm³/mol. The smallest absolute Gasteiger partial charge is 0.303 e. The van der Waals surface area contributed by atoms with Crippen molar-refractivity contribution in [3.8, 4) is 0 Å². The fourth-order valence-electron chi connectivity index (χ4n) is 3.43. The van der Waals surface area contributed by atoms with Crippen LogP contribution in [0.15, 0.2) is 59.9 Å². The Kier molecular flexibility index (Phi) is 4.90. The van der Waals surface area contributed by atoms with Gasteiger partial charge in [-0.1, -0.05) is 42.1 Å². The zero-order chi connectivity index (χ0) is 18.8. The molecule has 2 heterocycles. The number of benzene rings is 2. The molecule has 27 heavy (non-hydrogen) atoms. The van der Waals surface area contributed by atoms with Crippen molar-refractivity contribution in [2.75, 3.05) is 5.75 Å². The van der Waals surface area contributed by atoms with Crippen LogP contribution in [-0.4, -0.2) is 30.9 Å². The summed E-state index contributed by atoms with van der Waals surface area (Å²) in [4.78, 5) is 15.5. The number of aliphatic carboxylic acids is 1. The summed E-state index contributed by atoms with van der Waals surface area (Å²) in [5.74, 6) is -0.00890. The molecule has 6 heteroatoms. The van der Waals surface area contributed by atoms with Gasteiger partial charge in [-0.2, -0.15) is 0 Å². The van der Waals surface area contributed by atoms with Gasteiger partial charge in [0.2, 0.25) is 0 Å². The third kappa shape index (κ3) is 3.57. The number of carbonyl (C=O) groups is 1. The molecule has 138 valence electrons. The van der Waals surface area contributed by atoms with Gasteiger partial charge in [0.25, 0.3) is 0 Å². The summed E-state index contributed by atoms with van der Waals surface area (Å²) < 4.78 is 4.39. The zero-order valence-electron chi connectivity index (χ0n) is 15.1. The lowest BCUT2D eigenvalue weighted by Gasteiger charge is -2.08. The largest absolute Gasteiger partial charge is 0.481 e. The highest BCUT2D eigenvalue weighted by Gasteiger charge is 2.14. The summed E-state index contributed by atoms with van der Waals surface area (Å²) in [5, 5.41) is 11.0. The average molecular weight is 379 g/mol. The molecule has 0 atom stereocenters. The Hall–Kier alpha value is -2.73. The summed E-state index contributed by atoms with van der Waals surface area (Å²) in [6.45, 7) is 0.739. The highest BCUT2D eigenvalue weighted by Crippen LogP contribution is 2.28. The minimum Gasteiger partial charge on any atom is -0.481 e. The van der Waals surface area contributed by atoms with Crippen molar-refractivity contribution in [3.05, 3.63) is 60.3 Å². The van der Waals surface area contributed by atoms with Crippen molar-refractivity contribution in [1.82, 2.24) is 14.1 Å². The monoisotopic (exact) mass is 379 g/mol. The number of carboxylic acids is 1. The molecule has 0 saturated carbocycles. The van der Waals surface area contributed by atoms with E-state index in [0.29, 0.717) is 6.42 Å². The van der Waals surface area contributed by atoms with E-state index in [-0.39, 0.29) is 6.42 Å². The van der Waals surface area contributed by atoms with E-state index in [1.165, 1.54) is 16.5 Å². The summed E-state index contributed by atoms with van der Waals surface area (Å²) in [6.07, 6.45) is 3.01. The second kappa shape index (κ2) is 7.48. The lowest BCUT2D eigenvalue weighted by Crippen LogP contribution is -2.02. The van der Waals surface area contributed by atoms with Crippen molar-refractivity contribution in [1.29, 1.82) is 0 Å². The molecule has 2 aromatic carbocycles. The molecule has 0 saturated heterocycles. The molecule has 0 aliphatic heterocycles. The minimum atomic E-state index is -0.750. The van der Waals surface area contributed by atoms with Crippen molar-refractivity contribution in [3.63, 3.8) is 0 Å². The van der Waals surface area contributed by atoms with Gasteiger partial charge in [0.05, 0.1) is 17.6 Å². The molecule has 0 unspecified atom stereocenters. The molecule has 0 aliphatic rings. The fraction of sp³-hybridized carbons (Fsp3) is 0.238. The number of carboxylic acid groups (broad SMARTS) is 1. The number of aryl methyl sites for hydroxylation is 1. The molecule has 2 aromatic heterocycles. The number of fused-ring (bicyclic) bond motifs is 2. The van der Waals surface area contributed by atoms with Crippen LogP contribution in [-0.2, 0) is 18.4 Å². The quantitative estimate of drug-likeness (QED) is 0.378. The molecule has 0 spiro atoms. The molecule has 0 bridgehead atoms. The van der Waals surface area contributed by atoms with Crippen molar-refractivity contribution in [2.45, 2.75) is 24.5 Å². The summed E-state index contributed by atoms with van der Waals surface area (Å²) >= 11 is 1.63. The standard InChI is InChI=1S/C21H21N3O2S/c1-23-13-15(16-7-2-4-9-18(16)23)14-24-19-10-5-3-8-17(19)22-21(24)27-12-6-11-20(25)26/h2-5,7-10,13H,6,11-12,14H2,1H3,(H,25,26). The van der Waals surface area contributed by atoms with Crippen LogP contribution in [0.1, 0.15) is 18.4 Å². The highest BCUT2D eigenvalue weighted by atomic mass is 32.2. The second-order valence-corrected chi connectivity index (χ2v) is 7.66. The van der Waals surface area contributed by atoms with Crippen LogP contribution in [0.25, 0.3) is 21.9 Å². The van der Waals surface area contributed by atoms with Crippen LogP contribution in [0, 0.1) is 0 Å². The van der Waals surface area contributed by atoms with Gasteiger partial charge in [-0.3, -0.25) is 4.79 Å². The maximum atomic E-state index is 10.8. The van der Waals surface area contributed by atoms with E-state index in [1.54, 1.807) is 11.8 Å². The third-order valence-electron chi connectivity index (χ3n) is 4.69. The number of aromatic nitrogens is 3. The van der Waals surface area contributed by atoms with E-state index in [4.69, 9.17) is 10.1 Å². The minimum absolute atomic E-state index is 0.191. The lowest BCUT2D eigenvalue weighted by molar-refractivity contribution is -0.137. The molecule has 5 nitrogen and oxygen atoms in total. The van der Waals surface area contributed by atoms with Crippen LogP contribution >= 0.6 is 11.8 Å². The van der Waals surface area contributed by atoms with Crippen molar-refractivity contribution >= 4 is 39.7 Å². The number of imidazole rings is 1. The van der Waals surface area contributed by atoms with Gasteiger partial charge in [0, 0.05) is 36.3 Å². The first-order valence-corrected chi connectivity index (χ1v) is 9.95. The van der Waals surface area contributed by atoms with Crippen LogP contribution < -0.4 is 0 Å². The van der Waals surface area contributed by atoms with Crippen LogP contribution in [0.5, 0.6) is 0 Å². The molecule has 0 fully saturated rings. The van der Waals surface area contributed by atoms with Gasteiger partial charge < -0.3 is 14.2 Å². The fourth-order valence-corrected chi connectivity index (χ4v) is 4.38. The number of hydrogen-bond acceptors (Lipinski definition) is 3. The first kappa shape index (κ1) is 17.7. The number of nitrogens with zero attached hydrogens (tertiary/aromatic N) is 3. The number of para-hydroxylation sites is 3. The van der Waals surface area contributed by atoms with Crippen molar-refractivity contribution in [2.24, 2.45) is 7.05 Å². The molecule has 4 aromatic rings. The maximum absolute atomic E-state index is 10.8. The number of thioether (sulfide) groups is 1. The first-order valence-electron chi connectivity index (χ1n) is 8.96. The first-order chi connectivity index (χ1) is 13.1. The van der Waals surface area contributed by atoms with E-state index in [2.05, 4.69) is 52.7 Å². The summed E-state index contributed by atoms with van der Waals surface area (Å²) in [6, 6.07) is 16.6. The molecular formula is C21H21N3O2S. The number of hydrogen-bond donors (Lipinski definition) is 1. The molecular weight excluding hydrogens is 358 g/mol. The molecule has 0 aliphatic carbocycles. The second-order valence-electron chi connectivity index (χ2n) is 6.60. The molecule has 4 rings (SSSR count). The van der Waals surface area contributed by atoms with Crippen LogP contribution in [0.2, 0.25) is 0 Å². The Labute approximate surface area is 161 Å². The maximum Gasteiger partial charge on any atom is 0.303 e. The Morgan fingerprint density at radius 2 is 1.85 bits per heavy atom. The van der Waals surface area contributed by atoms with Gasteiger partial charge in [-0.15, -0.1) is 0 Å². The SMILES string of the molecule is Cn1cc(Cn2c(SCCCC(=O)O)nc3ccccc32)c2ccccc21. The van der Waals surface area contributed by atoms with E-state index in [9.17, 15) is 4.79 Å². The van der Waals surface area contributed by atoms with Crippen molar-refractivity contribution < 1.29 is 9.90 Å². The molecule has 0 radical (unpaired) electrons. The lowest BCUT2D eigenvalue weighted by atomic mass is 10.2. The van der Waals surface area contributed by atoms with Gasteiger partial charge in [0.1, 0.15) is 0 Å². The van der Waals surface area contributed by atoms with Gasteiger partial charge in [-0.25, -0.2) is 4.98 Å². The van der Waals surface area contributed by atoms with Gasteiger partial charge in [0.15, 0.2) is 5.16 Å². The number of rotatable bonds is 7. The van der Waals surface area contributed by atoms with Gasteiger partial charge >= 0.3 is 5.97 Å². The van der Waals surface area contributed by atoms with Crippen LogP contribution in [0.4, 0.5) is 0 Å². The Morgan fingerprint density at radius 1 is 1.11 bits per heavy atom. The average Bonchev–Trinajstić information content (AvgIpc) is 3.17. The summed E-state index contributed by atoms with van der Waals surface area (Å²) in [7, 11) is 2.07. The van der Waals surface area contributed by atoms with E-state index >= 15 is 0 Å². The van der Waals surface area contributed by atoms with E-state index in [1.807, 2.05) is 18.2 Å².